The minimum absolute atomic E-state index is 0.486. The topological polar surface area (TPSA) is 27.7 Å². The summed E-state index contributed by atoms with van der Waals surface area (Å²) in [5.41, 5.74) is 0. The van der Waals surface area contributed by atoms with Crippen LogP contribution in [-0.2, 0) is 13.3 Å². The second-order valence-electron chi connectivity index (χ2n) is 3.66. The van der Waals surface area contributed by atoms with Gasteiger partial charge in [-0.25, -0.2) is 0 Å². The van der Waals surface area contributed by atoms with Gasteiger partial charge in [-0.1, -0.05) is 43.0 Å². The van der Waals surface area contributed by atoms with Crippen molar-refractivity contribution in [2.75, 3.05) is 19.8 Å². The van der Waals surface area contributed by atoms with Crippen LogP contribution < -0.4 is 0 Å². The summed E-state index contributed by atoms with van der Waals surface area (Å²) in [4.78, 5) is 0. The van der Waals surface area contributed by atoms with Gasteiger partial charge in [-0.3, -0.25) is 0 Å². The molecule has 0 atom stereocenters. The van der Waals surface area contributed by atoms with E-state index in [1.807, 2.05) is 20.8 Å². The lowest BCUT2D eigenvalue weighted by molar-refractivity contribution is 0.0640. The fraction of sp³-hybridized carbons (Fsp3) is 1.00. The Hall–Kier alpha value is 0.677. The first-order valence-electron chi connectivity index (χ1n) is 6.29. The molecule has 0 aromatic heterocycles. The Bertz CT molecular complexity index is 186. The largest absolute Gasteiger partial charge is 0.538 e. The molecule has 0 aliphatic heterocycles. The third kappa shape index (κ3) is 5.05. The highest BCUT2D eigenvalue weighted by Crippen LogP contribution is 2.39. The molecule has 0 saturated carbocycles. The molecule has 0 rings (SSSR count). The Labute approximate surface area is 116 Å². The van der Waals surface area contributed by atoms with Crippen LogP contribution in [0.25, 0.3) is 0 Å². The van der Waals surface area contributed by atoms with Crippen molar-refractivity contribution in [3.8, 4) is 0 Å². The van der Waals surface area contributed by atoms with Crippen molar-refractivity contribution in [2.24, 2.45) is 0 Å². The average Bonchev–Trinajstić information content (AvgIpc) is 2.27. The lowest BCUT2D eigenvalue weighted by Gasteiger charge is -2.37. The van der Waals surface area contributed by atoms with Gasteiger partial charge in [0, 0.05) is 19.8 Å². The summed E-state index contributed by atoms with van der Waals surface area (Å²) in [6.07, 6.45) is 2.57. The Balaban J connectivity index is 4.93. The lowest BCUT2D eigenvalue weighted by atomic mass is 10.3. The molecule has 0 aliphatic carbocycles. The number of hydrogen-bond donors (Lipinski definition) is 0. The van der Waals surface area contributed by atoms with Crippen LogP contribution in [0.1, 0.15) is 47.0 Å². The summed E-state index contributed by atoms with van der Waals surface area (Å²) in [6.45, 7) is 9.23. The molecule has 0 aromatic rings. The molecule has 104 valence electrons. The number of alkyl halides is 2. The Morgan fingerprint density at radius 3 is 1.59 bits per heavy atom. The van der Waals surface area contributed by atoms with Gasteiger partial charge in [-0.15, -0.1) is 0 Å². The van der Waals surface area contributed by atoms with E-state index >= 15 is 0 Å². The Kier molecular flexibility index (Phi) is 9.07. The van der Waals surface area contributed by atoms with Gasteiger partial charge in [-0.05, 0) is 27.2 Å². The first-order valence-corrected chi connectivity index (χ1v) is 8.77. The van der Waals surface area contributed by atoms with E-state index in [1.54, 1.807) is 0 Å². The van der Waals surface area contributed by atoms with Crippen molar-refractivity contribution in [2.45, 2.75) is 50.9 Å². The zero-order chi connectivity index (χ0) is 13.4. The fourth-order valence-electron chi connectivity index (χ4n) is 1.56. The van der Waals surface area contributed by atoms with Crippen LogP contribution in [0.5, 0.6) is 0 Å². The second-order valence-corrected chi connectivity index (χ2v) is 8.61. The van der Waals surface area contributed by atoms with Crippen molar-refractivity contribution in [3.05, 3.63) is 0 Å². The van der Waals surface area contributed by atoms with E-state index < -0.39 is 12.8 Å². The summed E-state index contributed by atoms with van der Waals surface area (Å²) in [5.74, 6) is 0. The monoisotopic (exact) mass is 302 g/mol. The van der Waals surface area contributed by atoms with Crippen LogP contribution in [0.2, 0.25) is 0 Å². The minimum Gasteiger partial charge on any atom is -0.372 e. The van der Waals surface area contributed by atoms with Crippen LogP contribution in [0.15, 0.2) is 0 Å². The molecule has 0 heterocycles. The maximum Gasteiger partial charge on any atom is 0.538 e. The zero-order valence-corrected chi connectivity index (χ0v) is 13.7. The minimum atomic E-state index is -3.03. The number of halogens is 2. The summed E-state index contributed by atoms with van der Waals surface area (Å²) >= 11 is 12.9. The van der Waals surface area contributed by atoms with E-state index in [0.29, 0.717) is 26.2 Å². The van der Waals surface area contributed by atoms with Crippen molar-refractivity contribution < 1.29 is 13.3 Å². The highest BCUT2D eigenvalue weighted by Gasteiger charge is 2.59. The van der Waals surface area contributed by atoms with E-state index in [-0.39, 0.29) is 0 Å². The van der Waals surface area contributed by atoms with Crippen LogP contribution in [-0.4, -0.2) is 32.6 Å². The van der Waals surface area contributed by atoms with Crippen molar-refractivity contribution in [1.82, 2.24) is 0 Å². The quantitative estimate of drug-likeness (QED) is 0.452. The van der Waals surface area contributed by atoms with Crippen LogP contribution in [0.4, 0.5) is 0 Å². The third-order valence-electron chi connectivity index (χ3n) is 2.30. The van der Waals surface area contributed by atoms with Gasteiger partial charge in [0.1, 0.15) is 0 Å². The molecule has 17 heavy (non-hydrogen) atoms. The summed E-state index contributed by atoms with van der Waals surface area (Å²) in [7, 11) is -3.03. The predicted octanol–water partition coefficient (Wildman–Crippen LogP) is 3.94. The van der Waals surface area contributed by atoms with Gasteiger partial charge in [0.15, 0.2) is 3.96 Å². The molecule has 0 unspecified atom stereocenters. The molecule has 0 fully saturated rings. The van der Waals surface area contributed by atoms with Crippen molar-refractivity contribution in [1.29, 1.82) is 0 Å². The zero-order valence-electron chi connectivity index (χ0n) is 11.2. The molecule has 0 spiro atoms. The highest BCUT2D eigenvalue weighted by molar-refractivity contribution is 6.85. The van der Waals surface area contributed by atoms with Gasteiger partial charge >= 0.3 is 8.80 Å². The molecule has 0 saturated heterocycles. The standard InChI is InChI=1S/C11H24Cl2O3Si/c1-5-9-10-11(12,13)17(14-6-2,15-7-3)16-8-4/h5-10H2,1-4H3. The molecule has 0 radical (unpaired) electrons. The van der Waals surface area contributed by atoms with Gasteiger partial charge in [0.2, 0.25) is 0 Å². The number of rotatable bonds is 10. The normalized spacial score (nSPS) is 13.1. The van der Waals surface area contributed by atoms with Crippen LogP contribution in [0.3, 0.4) is 0 Å². The lowest BCUT2D eigenvalue weighted by Crippen LogP contribution is -2.59. The molecule has 6 heteroatoms. The first kappa shape index (κ1) is 17.7. The molecule has 0 bridgehead atoms. The van der Waals surface area contributed by atoms with E-state index in [0.717, 1.165) is 12.8 Å². The Morgan fingerprint density at radius 1 is 0.882 bits per heavy atom. The fourth-order valence-corrected chi connectivity index (χ4v) is 5.32. The molecular weight excluding hydrogens is 279 g/mol. The van der Waals surface area contributed by atoms with E-state index in [2.05, 4.69) is 6.92 Å². The highest BCUT2D eigenvalue weighted by atomic mass is 35.5. The smallest absolute Gasteiger partial charge is 0.372 e. The molecular formula is C11H24Cl2O3Si. The van der Waals surface area contributed by atoms with Gasteiger partial charge in [0.25, 0.3) is 0 Å². The van der Waals surface area contributed by atoms with Gasteiger partial charge < -0.3 is 13.3 Å². The maximum atomic E-state index is 6.43. The predicted molar refractivity (Wildman–Crippen MR) is 74.6 cm³/mol. The molecule has 0 N–H and O–H groups in total. The van der Waals surface area contributed by atoms with Crippen molar-refractivity contribution in [3.63, 3.8) is 0 Å². The molecule has 3 nitrogen and oxygen atoms in total. The third-order valence-corrected chi connectivity index (χ3v) is 7.21. The average molecular weight is 303 g/mol. The van der Waals surface area contributed by atoms with Crippen molar-refractivity contribution >= 4 is 32.0 Å². The second kappa shape index (κ2) is 8.72. The SMILES string of the molecule is CCCCC(Cl)(Cl)[Si](OCC)(OCC)OCC. The van der Waals surface area contributed by atoms with Crippen LogP contribution in [0, 0.1) is 0 Å². The van der Waals surface area contributed by atoms with Crippen LogP contribution >= 0.6 is 23.2 Å². The van der Waals surface area contributed by atoms with Gasteiger partial charge in [-0.2, -0.15) is 0 Å². The Morgan fingerprint density at radius 2 is 1.29 bits per heavy atom. The van der Waals surface area contributed by atoms with E-state index in [1.165, 1.54) is 0 Å². The first-order chi connectivity index (χ1) is 7.99. The molecule has 0 aromatic carbocycles. The molecule has 0 aliphatic rings. The van der Waals surface area contributed by atoms with E-state index in [9.17, 15) is 0 Å². The summed E-state index contributed by atoms with van der Waals surface area (Å²) < 4.78 is 16.0. The summed E-state index contributed by atoms with van der Waals surface area (Å²) in [5, 5.41) is 0. The number of hydrogen-bond acceptors (Lipinski definition) is 3. The maximum absolute atomic E-state index is 6.43. The molecule has 0 amide bonds. The van der Waals surface area contributed by atoms with Gasteiger partial charge in [0.05, 0.1) is 0 Å². The summed E-state index contributed by atoms with van der Waals surface area (Å²) in [6, 6.07) is 0. The number of unbranched alkanes of at least 4 members (excludes halogenated alkanes) is 1. The van der Waals surface area contributed by atoms with E-state index in [4.69, 9.17) is 36.5 Å².